The van der Waals surface area contributed by atoms with Crippen LogP contribution < -0.4 is 10.1 Å². The number of aromatic nitrogens is 2. The van der Waals surface area contributed by atoms with Crippen LogP contribution in [0.2, 0.25) is 0 Å². The molecule has 0 saturated carbocycles. The number of imidazole rings is 1. The van der Waals surface area contributed by atoms with Crippen LogP contribution in [0.15, 0.2) is 79.1 Å². The SMILES string of the molecule is COc1ccccc1-c1cccc(NC(=O)Cn2cnc3ccccc32)c1. The summed E-state index contributed by atoms with van der Waals surface area (Å²) in [7, 11) is 1.65. The van der Waals surface area contributed by atoms with Crippen LogP contribution in [0.3, 0.4) is 0 Å². The number of anilines is 1. The van der Waals surface area contributed by atoms with Crippen LogP contribution in [-0.2, 0) is 11.3 Å². The monoisotopic (exact) mass is 357 g/mol. The number of methoxy groups -OCH3 is 1. The number of amides is 1. The van der Waals surface area contributed by atoms with Crippen LogP contribution >= 0.6 is 0 Å². The summed E-state index contributed by atoms with van der Waals surface area (Å²) in [6.07, 6.45) is 1.69. The highest BCUT2D eigenvalue weighted by atomic mass is 16.5. The van der Waals surface area contributed by atoms with Gasteiger partial charge in [-0.15, -0.1) is 0 Å². The van der Waals surface area contributed by atoms with Gasteiger partial charge < -0.3 is 14.6 Å². The normalized spacial score (nSPS) is 10.7. The second kappa shape index (κ2) is 7.33. The van der Waals surface area contributed by atoms with Gasteiger partial charge in [-0.3, -0.25) is 4.79 Å². The first-order chi connectivity index (χ1) is 13.2. The van der Waals surface area contributed by atoms with Gasteiger partial charge in [-0.2, -0.15) is 0 Å². The molecule has 4 rings (SSSR count). The fourth-order valence-electron chi connectivity index (χ4n) is 3.14. The quantitative estimate of drug-likeness (QED) is 0.578. The van der Waals surface area contributed by atoms with E-state index in [1.165, 1.54) is 0 Å². The van der Waals surface area contributed by atoms with E-state index in [4.69, 9.17) is 4.74 Å². The lowest BCUT2D eigenvalue weighted by atomic mass is 10.0. The second-order valence-electron chi connectivity index (χ2n) is 6.19. The number of benzene rings is 3. The minimum atomic E-state index is -0.102. The largest absolute Gasteiger partial charge is 0.496 e. The van der Waals surface area contributed by atoms with Crippen LogP contribution in [0.4, 0.5) is 5.69 Å². The van der Waals surface area contributed by atoms with Crippen molar-refractivity contribution in [3.63, 3.8) is 0 Å². The standard InChI is InChI=1S/C22H19N3O2/c1-27-21-12-5-2-9-18(21)16-7-6-8-17(13-16)24-22(26)14-25-15-23-19-10-3-4-11-20(19)25/h2-13,15H,14H2,1H3,(H,24,26). The van der Waals surface area contributed by atoms with Crippen molar-refractivity contribution < 1.29 is 9.53 Å². The van der Waals surface area contributed by atoms with E-state index in [0.29, 0.717) is 0 Å². The van der Waals surface area contributed by atoms with Gasteiger partial charge in [-0.05, 0) is 35.9 Å². The zero-order chi connectivity index (χ0) is 18.6. The number of rotatable bonds is 5. The molecule has 4 aromatic rings. The topological polar surface area (TPSA) is 56.1 Å². The maximum Gasteiger partial charge on any atom is 0.244 e. The Morgan fingerprint density at radius 1 is 1.04 bits per heavy atom. The molecule has 27 heavy (non-hydrogen) atoms. The minimum Gasteiger partial charge on any atom is -0.496 e. The highest BCUT2D eigenvalue weighted by Crippen LogP contribution is 2.31. The number of carbonyl (C=O) groups excluding carboxylic acids is 1. The predicted molar refractivity (Wildman–Crippen MR) is 107 cm³/mol. The summed E-state index contributed by atoms with van der Waals surface area (Å²) >= 11 is 0. The fraction of sp³-hybridized carbons (Fsp3) is 0.0909. The average Bonchev–Trinajstić information content (AvgIpc) is 3.11. The fourth-order valence-corrected chi connectivity index (χ4v) is 3.14. The molecule has 1 amide bonds. The van der Waals surface area contributed by atoms with E-state index in [0.717, 1.165) is 33.6 Å². The van der Waals surface area contributed by atoms with E-state index >= 15 is 0 Å². The van der Waals surface area contributed by atoms with E-state index in [1.54, 1.807) is 13.4 Å². The number of ether oxygens (including phenoxy) is 1. The van der Waals surface area contributed by atoms with E-state index in [2.05, 4.69) is 10.3 Å². The number of hydrogen-bond acceptors (Lipinski definition) is 3. The summed E-state index contributed by atoms with van der Waals surface area (Å²) in [4.78, 5) is 16.8. The summed E-state index contributed by atoms with van der Waals surface area (Å²) in [6.45, 7) is 0.208. The lowest BCUT2D eigenvalue weighted by Gasteiger charge is -2.11. The molecule has 1 N–H and O–H groups in total. The van der Waals surface area contributed by atoms with Crippen molar-refractivity contribution in [2.24, 2.45) is 0 Å². The zero-order valence-electron chi connectivity index (χ0n) is 14.9. The van der Waals surface area contributed by atoms with Gasteiger partial charge in [0.05, 0.1) is 24.5 Å². The van der Waals surface area contributed by atoms with Gasteiger partial charge in [0.1, 0.15) is 12.3 Å². The highest BCUT2D eigenvalue weighted by molar-refractivity contribution is 5.92. The molecule has 3 aromatic carbocycles. The molecule has 134 valence electrons. The Balaban J connectivity index is 1.53. The van der Waals surface area contributed by atoms with Gasteiger partial charge in [0.15, 0.2) is 0 Å². The molecule has 0 radical (unpaired) electrons. The molecule has 0 aliphatic heterocycles. The number of nitrogens with zero attached hydrogens (tertiary/aromatic N) is 2. The Morgan fingerprint density at radius 3 is 2.74 bits per heavy atom. The number of fused-ring (bicyclic) bond motifs is 1. The molecule has 0 spiro atoms. The summed E-state index contributed by atoms with van der Waals surface area (Å²) in [5, 5.41) is 2.96. The van der Waals surface area contributed by atoms with E-state index < -0.39 is 0 Å². The lowest BCUT2D eigenvalue weighted by molar-refractivity contribution is -0.116. The first-order valence-corrected chi connectivity index (χ1v) is 8.68. The maximum atomic E-state index is 12.5. The molecule has 0 atom stereocenters. The maximum absolute atomic E-state index is 12.5. The number of carbonyl (C=O) groups is 1. The Bertz CT molecular complexity index is 1100. The lowest BCUT2D eigenvalue weighted by Crippen LogP contribution is -2.18. The van der Waals surface area contributed by atoms with Crippen LogP contribution in [0.1, 0.15) is 0 Å². The summed E-state index contributed by atoms with van der Waals surface area (Å²) in [5.74, 6) is 0.696. The molecule has 1 heterocycles. The molecule has 1 aromatic heterocycles. The highest BCUT2D eigenvalue weighted by Gasteiger charge is 2.09. The molecular formula is C22H19N3O2. The third-order valence-corrected chi connectivity index (χ3v) is 4.41. The van der Waals surface area contributed by atoms with Crippen molar-refractivity contribution in [2.75, 3.05) is 12.4 Å². The van der Waals surface area contributed by atoms with Crippen LogP contribution in [-0.4, -0.2) is 22.6 Å². The van der Waals surface area contributed by atoms with Crippen molar-refractivity contribution in [1.82, 2.24) is 9.55 Å². The first kappa shape index (κ1) is 16.8. The molecule has 5 heteroatoms. The van der Waals surface area contributed by atoms with Gasteiger partial charge in [-0.1, -0.05) is 42.5 Å². The number of hydrogen-bond donors (Lipinski definition) is 1. The smallest absolute Gasteiger partial charge is 0.244 e. The van der Waals surface area contributed by atoms with Crippen molar-refractivity contribution in [1.29, 1.82) is 0 Å². The molecular weight excluding hydrogens is 338 g/mol. The Morgan fingerprint density at radius 2 is 1.85 bits per heavy atom. The summed E-state index contributed by atoms with van der Waals surface area (Å²) < 4.78 is 7.28. The third-order valence-electron chi connectivity index (χ3n) is 4.41. The number of para-hydroxylation sites is 3. The van der Waals surface area contributed by atoms with E-state index in [1.807, 2.05) is 77.4 Å². The molecule has 0 fully saturated rings. The van der Waals surface area contributed by atoms with Crippen molar-refractivity contribution in [3.8, 4) is 16.9 Å². The number of nitrogens with one attached hydrogen (secondary N) is 1. The molecule has 0 aliphatic rings. The Kier molecular flexibility index (Phi) is 4.58. The van der Waals surface area contributed by atoms with E-state index in [9.17, 15) is 4.79 Å². The van der Waals surface area contributed by atoms with Gasteiger partial charge in [0.2, 0.25) is 5.91 Å². The Labute approximate surface area is 157 Å². The van der Waals surface area contributed by atoms with Crippen molar-refractivity contribution in [3.05, 3.63) is 79.1 Å². The molecule has 0 unspecified atom stereocenters. The van der Waals surface area contributed by atoms with Crippen molar-refractivity contribution >= 4 is 22.6 Å². The van der Waals surface area contributed by atoms with E-state index in [-0.39, 0.29) is 12.5 Å². The van der Waals surface area contributed by atoms with Gasteiger partial charge >= 0.3 is 0 Å². The first-order valence-electron chi connectivity index (χ1n) is 8.68. The second-order valence-corrected chi connectivity index (χ2v) is 6.19. The molecule has 0 aliphatic carbocycles. The molecule has 5 nitrogen and oxygen atoms in total. The minimum absolute atomic E-state index is 0.102. The van der Waals surface area contributed by atoms with Gasteiger partial charge in [-0.25, -0.2) is 4.98 Å². The predicted octanol–water partition coefficient (Wildman–Crippen LogP) is 4.35. The third kappa shape index (κ3) is 3.53. The average molecular weight is 357 g/mol. The molecule has 0 saturated heterocycles. The zero-order valence-corrected chi connectivity index (χ0v) is 14.9. The Hall–Kier alpha value is -3.60. The van der Waals surface area contributed by atoms with Crippen molar-refractivity contribution in [2.45, 2.75) is 6.54 Å². The van der Waals surface area contributed by atoms with Gasteiger partial charge in [0, 0.05) is 11.3 Å². The van der Waals surface area contributed by atoms with Crippen LogP contribution in [0, 0.1) is 0 Å². The molecule has 0 bridgehead atoms. The summed E-state index contributed by atoms with van der Waals surface area (Å²) in [6, 6.07) is 23.3. The van der Waals surface area contributed by atoms with Crippen LogP contribution in [0.5, 0.6) is 5.75 Å². The van der Waals surface area contributed by atoms with Crippen LogP contribution in [0.25, 0.3) is 22.2 Å². The van der Waals surface area contributed by atoms with Gasteiger partial charge in [0.25, 0.3) is 0 Å². The summed E-state index contributed by atoms with van der Waals surface area (Å²) in [5.41, 5.74) is 4.53.